The van der Waals surface area contributed by atoms with Gasteiger partial charge in [-0.3, -0.25) is 0 Å². The molecule has 0 atom stereocenters. The number of hydrogen-bond acceptors (Lipinski definition) is 4. The van der Waals surface area contributed by atoms with E-state index in [4.69, 9.17) is 23.2 Å². The Balaban J connectivity index is 1.62. The molecule has 0 radical (unpaired) electrons. The summed E-state index contributed by atoms with van der Waals surface area (Å²) in [4.78, 5) is 2.48. The van der Waals surface area contributed by atoms with E-state index in [1.807, 2.05) is 0 Å². The van der Waals surface area contributed by atoms with Crippen molar-refractivity contribution >= 4 is 33.2 Å². The lowest BCUT2D eigenvalue weighted by molar-refractivity contribution is 0.152. The zero-order valence-electron chi connectivity index (χ0n) is 13.5. The standard InChI is InChI=1S/C16H23Cl2N3O2S/c17-14-2-1-3-15(16(14)18)24(22,23)21-10-8-20(9-11-21)12-13-4-6-19-7-5-13/h1-3,13,19H,4-12H2. The Hall–Kier alpha value is -0.370. The minimum atomic E-state index is -3.59. The van der Waals surface area contributed by atoms with Crippen molar-refractivity contribution in [2.45, 2.75) is 17.7 Å². The zero-order valence-corrected chi connectivity index (χ0v) is 15.9. The molecule has 0 aliphatic carbocycles. The molecule has 8 heteroatoms. The normalized spacial score (nSPS) is 21.9. The fourth-order valence-corrected chi connectivity index (χ4v) is 5.56. The molecule has 2 aliphatic heterocycles. The molecule has 0 amide bonds. The van der Waals surface area contributed by atoms with E-state index >= 15 is 0 Å². The molecule has 3 rings (SSSR count). The summed E-state index contributed by atoms with van der Waals surface area (Å²) >= 11 is 12.1. The Bertz CT molecular complexity index is 670. The number of nitrogens with zero attached hydrogens (tertiary/aromatic N) is 2. The lowest BCUT2D eigenvalue weighted by Gasteiger charge is -2.36. The van der Waals surface area contributed by atoms with Crippen molar-refractivity contribution in [1.29, 1.82) is 0 Å². The van der Waals surface area contributed by atoms with Crippen LogP contribution in [-0.2, 0) is 10.0 Å². The van der Waals surface area contributed by atoms with Gasteiger partial charge >= 0.3 is 0 Å². The van der Waals surface area contributed by atoms with E-state index in [0.717, 1.165) is 38.6 Å². The molecule has 0 aromatic heterocycles. The third kappa shape index (κ3) is 4.06. The van der Waals surface area contributed by atoms with Gasteiger partial charge in [-0.15, -0.1) is 0 Å². The SMILES string of the molecule is O=S(=O)(c1cccc(Cl)c1Cl)N1CCN(CC2CCNCC2)CC1. The van der Waals surface area contributed by atoms with E-state index in [9.17, 15) is 8.42 Å². The zero-order chi connectivity index (χ0) is 17.2. The Morgan fingerprint density at radius 2 is 1.75 bits per heavy atom. The third-order valence-corrected chi connectivity index (χ3v) is 7.71. The van der Waals surface area contributed by atoms with Crippen molar-refractivity contribution in [3.05, 3.63) is 28.2 Å². The first-order valence-electron chi connectivity index (χ1n) is 8.36. The monoisotopic (exact) mass is 391 g/mol. The summed E-state index contributed by atoms with van der Waals surface area (Å²) in [7, 11) is -3.59. The summed E-state index contributed by atoms with van der Waals surface area (Å²) < 4.78 is 27.1. The maximum Gasteiger partial charge on any atom is 0.244 e. The van der Waals surface area contributed by atoms with Crippen LogP contribution in [-0.4, -0.2) is 63.4 Å². The van der Waals surface area contributed by atoms with Gasteiger partial charge in [-0.1, -0.05) is 29.3 Å². The molecule has 2 fully saturated rings. The summed E-state index contributed by atoms with van der Waals surface area (Å²) in [5.41, 5.74) is 0. The Morgan fingerprint density at radius 1 is 1.08 bits per heavy atom. The van der Waals surface area contributed by atoms with Crippen LogP contribution in [0.3, 0.4) is 0 Å². The molecule has 5 nitrogen and oxygen atoms in total. The average molecular weight is 392 g/mol. The first-order valence-corrected chi connectivity index (χ1v) is 10.6. The van der Waals surface area contributed by atoms with Crippen LogP contribution in [0.15, 0.2) is 23.1 Å². The highest BCUT2D eigenvalue weighted by molar-refractivity contribution is 7.89. The van der Waals surface area contributed by atoms with Crippen LogP contribution >= 0.6 is 23.2 Å². The van der Waals surface area contributed by atoms with Crippen LogP contribution in [0.25, 0.3) is 0 Å². The number of hydrogen-bond donors (Lipinski definition) is 1. The van der Waals surface area contributed by atoms with Crippen LogP contribution in [0, 0.1) is 5.92 Å². The number of nitrogens with one attached hydrogen (secondary N) is 1. The molecule has 1 aromatic rings. The molecular weight excluding hydrogens is 369 g/mol. The van der Waals surface area contributed by atoms with Crippen molar-refractivity contribution in [3.8, 4) is 0 Å². The van der Waals surface area contributed by atoms with Gasteiger partial charge in [-0.2, -0.15) is 4.31 Å². The summed E-state index contributed by atoms with van der Waals surface area (Å²) in [5.74, 6) is 0.719. The van der Waals surface area contributed by atoms with Gasteiger partial charge in [0.15, 0.2) is 0 Å². The number of sulfonamides is 1. The second kappa shape index (κ2) is 7.89. The van der Waals surface area contributed by atoms with E-state index in [2.05, 4.69) is 10.2 Å². The maximum atomic E-state index is 12.8. The highest BCUT2D eigenvalue weighted by Crippen LogP contribution is 2.31. The van der Waals surface area contributed by atoms with Crippen LogP contribution in [0.1, 0.15) is 12.8 Å². The van der Waals surface area contributed by atoms with Crippen molar-refractivity contribution in [1.82, 2.24) is 14.5 Å². The molecule has 134 valence electrons. The second-order valence-corrected chi connectivity index (χ2v) is 9.14. The third-order valence-electron chi connectivity index (χ3n) is 4.84. The molecule has 0 bridgehead atoms. The van der Waals surface area contributed by atoms with Gasteiger partial charge in [-0.25, -0.2) is 8.42 Å². The Morgan fingerprint density at radius 3 is 2.42 bits per heavy atom. The fourth-order valence-electron chi connectivity index (χ4n) is 3.40. The van der Waals surface area contributed by atoms with E-state index in [0.29, 0.717) is 13.1 Å². The maximum absolute atomic E-state index is 12.8. The molecule has 24 heavy (non-hydrogen) atoms. The van der Waals surface area contributed by atoms with Gasteiger partial charge in [0.25, 0.3) is 0 Å². The van der Waals surface area contributed by atoms with Crippen LogP contribution in [0.4, 0.5) is 0 Å². The van der Waals surface area contributed by atoms with Gasteiger partial charge in [0.2, 0.25) is 10.0 Å². The molecule has 2 saturated heterocycles. The van der Waals surface area contributed by atoms with E-state index < -0.39 is 10.0 Å². The molecule has 1 N–H and O–H groups in total. The van der Waals surface area contributed by atoms with Crippen molar-refractivity contribution in [2.75, 3.05) is 45.8 Å². The van der Waals surface area contributed by atoms with Crippen LogP contribution < -0.4 is 5.32 Å². The number of rotatable bonds is 4. The minimum Gasteiger partial charge on any atom is -0.317 e. The molecule has 1 aromatic carbocycles. The highest BCUT2D eigenvalue weighted by Gasteiger charge is 2.31. The van der Waals surface area contributed by atoms with Gasteiger partial charge in [-0.05, 0) is 44.0 Å². The number of piperazine rings is 1. The van der Waals surface area contributed by atoms with Gasteiger partial charge in [0.1, 0.15) is 4.90 Å². The predicted octanol–water partition coefficient (Wildman–Crippen LogP) is 2.30. The second-order valence-electron chi connectivity index (χ2n) is 6.45. The van der Waals surface area contributed by atoms with Crippen LogP contribution in [0.2, 0.25) is 10.0 Å². The number of benzene rings is 1. The molecule has 0 spiro atoms. The smallest absolute Gasteiger partial charge is 0.244 e. The van der Waals surface area contributed by atoms with Crippen LogP contribution in [0.5, 0.6) is 0 Å². The Kier molecular flexibility index (Phi) is 6.06. The van der Waals surface area contributed by atoms with E-state index in [1.165, 1.54) is 23.2 Å². The van der Waals surface area contributed by atoms with Crippen molar-refractivity contribution in [2.24, 2.45) is 5.92 Å². The van der Waals surface area contributed by atoms with Crippen molar-refractivity contribution < 1.29 is 8.42 Å². The molecular formula is C16H23Cl2N3O2S. The van der Waals surface area contributed by atoms with Crippen molar-refractivity contribution in [3.63, 3.8) is 0 Å². The topological polar surface area (TPSA) is 52.7 Å². The van der Waals surface area contributed by atoms with Gasteiger partial charge in [0, 0.05) is 32.7 Å². The predicted molar refractivity (Wildman–Crippen MR) is 97.3 cm³/mol. The summed E-state index contributed by atoms with van der Waals surface area (Å²) in [6, 6.07) is 4.74. The average Bonchev–Trinajstić information content (AvgIpc) is 2.58. The lowest BCUT2D eigenvalue weighted by atomic mass is 9.97. The summed E-state index contributed by atoms with van der Waals surface area (Å²) in [6.45, 7) is 5.76. The highest BCUT2D eigenvalue weighted by atomic mass is 35.5. The molecule has 0 saturated carbocycles. The molecule has 0 unspecified atom stereocenters. The minimum absolute atomic E-state index is 0.100. The van der Waals surface area contributed by atoms with Gasteiger partial charge in [0.05, 0.1) is 10.0 Å². The molecule has 2 aliphatic rings. The number of piperidine rings is 1. The van der Waals surface area contributed by atoms with E-state index in [1.54, 1.807) is 12.1 Å². The number of halogens is 2. The largest absolute Gasteiger partial charge is 0.317 e. The quantitative estimate of drug-likeness (QED) is 0.855. The lowest BCUT2D eigenvalue weighted by Crippen LogP contribution is -2.50. The van der Waals surface area contributed by atoms with Gasteiger partial charge < -0.3 is 10.2 Å². The Labute approximate surface area is 154 Å². The molecule has 2 heterocycles. The fraction of sp³-hybridized carbons (Fsp3) is 0.625. The first kappa shape index (κ1) is 18.4. The summed E-state index contributed by atoms with van der Waals surface area (Å²) in [6.07, 6.45) is 2.41. The van der Waals surface area contributed by atoms with E-state index in [-0.39, 0.29) is 14.9 Å². The first-order chi connectivity index (χ1) is 11.5. The summed E-state index contributed by atoms with van der Waals surface area (Å²) in [5, 5.41) is 3.75.